The highest BCUT2D eigenvalue weighted by atomic mass is 79.9. The van der Waals surface area contributed by atoms with Crippen molar-refractivity contribution in [2.75, 3.05) is 0 Å². The third-order valence-corrected chi connectivity index (χ3v) is 5.74. The second kappa shape index (κ2) is 6.60. The highest BCUT2D eigenvalue weighted by Crippen LogP contribution is 2.27. The van der Waals surface area contributed by atoms with E-state index in [1.165, 1.54) is 11.3 Å². The van der Waals surface area contributed by atoms with Gasteiger partial charge in [0, 0.05) is 18.0 Å². The third kappa shape index (κ3) is 3.28. The monoisotopic (exact) mass is 399 g/mol. The molecule has 124 valence electrons. The first kappa shape index (κ1) is 16.4. The lowest BCUT2D eigenvalue weighted by Crippen LogP contribution is -2.44. The van der Waals surface area contributed by atoms with Crippen LogP contribution in [0.3, 0.4) is 0 Å². The van der Waals surface area contributed by atoms with Crippen molar-refractivity contribution in [2.45, 2.75) is 51.7 Å². The van der Waals surface area contributed by atoms with Gasteiger partial charge >= 0.3 is 5.69 Å². The molecule has 1 fully saturated rings. The lowest BCUT2D eigenvalue weighted by molar-refractivity contribution is -0.121. The number of aromatic nitrogens is 2. The Hall–Kier alpha value is -1.41. The summed E-state index contributed by atoms with van der Waals surface area (Å²) in [6, 6.07) is 0.208. The molecule has 0 bridgehead atoms. The van der Waals surface area contributed by atoms with E-state index in [0.29, 0.717) is 16.8 Å². The number of hydrogen-bond donors (Lipinski definition) is 1. The minimum Gasteiger partial charge on any atom is -0.352 e. The first-order valence-corrected chi connectivity index (χ1v) is 9.40. The number of carbonyl (C=O) groups excluding carboxylic acids is 1. The van der Waals surface area contributed by atoms with E-state index in [1.54, 1.807) is 4.57 Å². The minimum atomic E-state index is -0.416. The fourth-order valence-electron chi connectivity index (χ4n) is 2.49. The van der Waals surface area contributed by atoms with Crippen LogP contribution < -0.4 is 16.6 Å². The molecule has 23 heavy (non-hydrogen) atoms. The van der Waals surface area contributed by atoms with Crippen LogP contribution >= 0.6 is 27.3 Å². The molecule has 8 heteroatoms. The number of halogens is 1. The summed E-state index contributed by atoms with van der Waals surface area (Å²) in [7, 11) is 0. The molecule has 0 saturated heterocycles. The van der Waals surface area contributed by atoms with Crippen LogP contribution in [0.25, 0.3) is 10.2 Å². The fraction of sp³-hybridized carbons (Fsp3) is 0.533. The van der Waals surface area contributed by atoms with Crippen molar-refractivity contribution in [2.24, 2.45) is 0 Å². The standard InChI is InChI=1S/C15H18BrN3O3S/c1-2-3-6-18-12-10(16)8-23-13(12)14(21)19(15(18)22)7-11(20)17-9-4-5-9/h8-9H,2-7H2,1H3,(H,17,20). The smallest absolute Gasteiger partial charge is 0.332 e. The number of hydrogen-bond acceptors (Lipinski definition) is 4. The van der Waals surface area contributed by atoms with E-state index in [2.05, 4.69) is 21.2 Å². The molecule has 1 aliphatic rings. The molecule has 0 radical (unpaired) electrons. The molecule has 1 aliphatic carbocycles. The largest absolute Gasteiger partial charge is 0.352 e. The number of aryl methyl sites for hydroxylation is 1. The molecule has 2 heterocycles. The van der Waals surface area contributed by atoms with E-state index in [9.17, 15) is 14.4 Å². The summed E-state index contributed by atoms with van der Waals surface area (Å²) < 4.78 is 3.91. The molecule has 0 aromatic carbocycles. The zero-order chi connectivity index (χ0) is 16.6. The van der Waals surface area contributed by atoms with E-state index < -0.39 is 5.69 Å². The molecule has 1 saturated carbocycles. The first-order valence-electron chi connectivity index (χ1n) is 7.72. The van der Waals surface area contributed by atoms with Crippen LogP contribution in [0, 0.1) is 0 Å². The Morgan fingerprint density at radius 1 is 1.39 bits per heavy atom. The molecule has 0 spiro atoms. The quantitative estimate of drug-likeness (QED) is 0.807. The summed E-state index contributed by atoms with van der Waals surface area (Å²) in [6.07, 6.45) is 3.72. The van der Waals surface area contributed by atoms with E-state index >= 15 is 0 Å². The number of rotatable bonds is 6. The van der Waals surface area contributed by atoms with Crippen LogP contribution in [0.1, 0.15) is 32.6 Å². The van der Waals surface area contributed by atoms with Crippen molar-refractivity contribution in [3.63, 3.8) is 0 Å². The molecule has 6 nitrogen and oxygen atoms in total. The zero-order valence-corrected chi connectivity index (χ0v) is 15.2. The van der Waals surface area contributed by atoms with Gasteiger partial charge in [0.25, 0.3) is 5.56 Å². The molecular formula is C15H18BrN3O3S. The van der Waals surface area contributed by atoms with Gasteiger partial charge in [-0.2, -0.15) is 0 Å². The van der Waals surface area contributed by atoms with E-state index in [-0.39, 0.29) is 24.1 Å². The Bertz CT molecular complexity index is 863. The maximum Gasteiger partial charge on any atom is 0.332 e. The summed E-state index contributed by atoms with van der Waals surface area (Å²) in [5, 5.41) is 4.63. The fourth-order valence-corrected chi connectivity index (χ4v) is 4.19. The molecule has 3 rings (SSSR count). The van der Waals surface area contributed by atoms with Gasteiger partial charge in [0.1, 0.15) is 11.2 Å². The van der Waals surface area contributed by atoms with Crippen molar-refractivity contribution in [3.8, 4) is 0 Å². The number of nitrogens with one attached hydrogen (secondary N) is 1. The molecule has 0 aliphatic heterocycles. The average molecular weight is 400 g/mol. The summed E-state index contributed by atoms with van der Waals surface area (Å²) >= 11 is 4.71. The lowest BCUT2D eigenvalue weighted by atomic mass is 10.3. The third-order valence-electron chi connectivity index (χ3n) is 3.87. The Balaban J connectivity index is 2.07. The van der Waals surface area contributed by atoms with Gasteiger partial charge in [-0.1, -0.05) is 13.3 Å². The number of nitrogens with zero attached hydrogens (tertiary/aromatic N) is 2. The molecule has 1 N–H and O–H groups in total. The second-order valence-electron chi connectivity index (χ2n) is 5.78. The topological polar surface area (TPSA) is 73.1 Å². The van der Waals surface area contributed by atoms with Crippen molar-refractivity contribution in [1.82, 2.24) is 14.5 Å². The van der Waals surface area contributed by atoms with Crippen LogP contribution in [0.2, 0.25) is 0 Å². The van der Waals surface area contributed by atoms with E-state index in [4.69, 9.17) is 0 Å². The van der Waals surface area contributed by atoms with E-state index in [1.807, 2.05) is 12.3 Å². The van der Waals surface area contributed by atoms with Crippen LogP contribution in [-0.4, -0.2) is 21.1 Å². The normalized spacial score (nSPS) is 14.3. The van der Waals surface area contributed by atoms with Crippen molar-refractivity contribution in [3.05, 3.63) is 30.7 Å². The number of amides is 1. The Kier molecular flexibility index (Phi) is 4.72. The number of thiophene rings is 1. The highest BCUT2D eigenvalue weighted by molar-refractivity contribution is 9.10. The predicted molar refractivity (Wildman–Crippen MR) is 94.1 cm³/mol. The van der Waals surface area contributed by atoms with E-state index in [0.717, 1.165) is 34.7 Å². The number of unbranched alkanes of at least 4 members (excludes halogenated alkanes) is 1. The Morgan fingerprint density at radius 3 is 2.78 bits per heavy atom. The second-order valence-corrected chi connectivity index (χ2v) is 7.52. The van der Waals surface area contributed by atoms with Gasteiger partial charge in [0.05, 0.1) is 9.99 Å². The maximum atomic E-state index is 12.7. The van der Waals surface area contributed by atoms with Gasteiger partial charge in [0.15, 0.2) is 0 Å². The predicted octanol–water partition coefficient (Wildman–Crippen LogP) is 2.07. The van der Waals surface area contributed by atoms with Crippen LogP contribution in [0.5, 0.6) is 0 Å². The van der Waals surface area contributed by atoms with Gasteiger partial charge in [0.2, 0.25) is 5.91 Å². The van der Waals surface area contributed by atoms with Gasteiger partial charge in [-0.25, -0.2) is 9.36 Å². The Morgan fingerprint density at radius 2 is 2.13 bits per heavy atom. The van der Waals surface area contributed by atoms with Gasteiger partial charge in [-0.15, -0.1) is 11.3 Å². The van der Waals surface area contributed by atoms with Crippen molar-refractivity contribution >= 4 is 43.4 Å². The first-order chi connectivity index (χ1) is 11.0. The van der Waals surface area contributed by atoms with Gasteiger partial charge in [-0.05, 0) is 35.2 Å². The SMILES string of the molecule is CCCCn1c(=O)n(CC(=O)NC2CC2)c(=O)c2scc(Br)c21. The summed E-state index contributed by atoms with van der Waals surface area (Å²) in [6.45, 7) is 2.36. The lowest BCUT2D eigenvalue weighted by Gasteiger charge is -2.12. The van der Waals surface area contributed by atoms with Gasteiger partial charge < -0.3 is 5.32 Å². The summed E-state index contributed by atoms with van der Waals surface area (Å²) in [5.41, 5.74) is -0.169. The number of fused-ring (bicyclic) bond motifs is 1. The maximum absolute atomic E-state index is 12.7. The number of carbonyl (C=O) groups is 1. The molecule has 0 atom stereocenters. The minimum absolute atomic E-state index is 0.208. The highest BCUT2D eigenvalue weighted by Gasteiger charge is 2.24. The molecule has 2 aromatic heterocycles. The van der Waals surface area contributed by atoms with Crippen molar-refractivity contribution < 1.29 is 4.79 Å². The zero-order valence-electron chi connectivity index (χ0n) is 12.8. The van der Waals surface area contributed by atoms with Crippen LogP contribution in [0.15, 0.2) is 19.4 Å². The average Bonchev–Trinajstić information content (AvgIpc) is 3.24. The summed E-state index contributed by atoms with van der Waals surface area (Å²) in [5.74, 6) is -0.274. The van der Waals surface area contributed by atoms with Crippen molar-refractivity contribution in [1.29, 1.82) is 0 Å². The molecular weight excluding hydrogens is 382 g/mol. The van der Waals surface area contributed by atoms with Crippen LogP contribution in [-0.2, 0) is 17.9 Å². The van der Waals surface area contributed by atoms with Crippen LogP contribution in [0.4, 0.5) is 0 Å². The Labute approximate surface area is 145 Å². The summed E-state index contributed by atoms with van der Waals surface area (Å²) in [4.78, 5) is 37.3. The molecule has 0 unspecified atom stereocenters. The molecule has 1 amide bonds. The van der Waals surface area contributed by atoms with Gasteiger partial charge in [-0.3, -0.25) is 14.2 Å². The molecule has 2 aromatic rings.